The lowest BCUT2D eigenvalue weighted by molar-refractivity contribution is -0.112. The van der Waals surface area contributed by atoms with Gasteiger partial charge in [0.25, 0.3) is 5.91 Å². The van der Waals surface area contributed by atoms with E-state index in [9.17, 15) is 10.1 Å². The van der Waals surface area contributed by atoms with E-state index < -0.39 is 5.91 Å². The van der Waals surface area contributed by atoms with Crippen molar-refractivity contribution in [2.24, 2.45) is 0 Å². The van der Waals surface area contributed by atoms with Gasteiger partial charge in [-0.2, -0.15) is 5.26 Å². The molecule has 0 saturated heterocycles. The second-order valence-corrected chi connectivity index (χ2v) is 8.41. The third-order valence-electron chi connectivity index (χ3n) is 5.67. The Hall–Kier alpha value is -4.07. The van der Waals surface area contributed by atoms with Gasteiger partial charge in [0.1, 0.15) is 24.0 Å². The molecule has 4 nitrogen and oxygen atoms in total. The minimum absolute atomic E-state index is 0.0145. The number of nitrogens with one attached hydrogen (secondary N) is 1. The topological polar surface area (TPSA) is 62.1 Å². The monoisotopic (exact) mass is 466 g/mol. The number of carbonyl (C=O) groups is 1. The van der Waals surface area contributed by atoms with Crippen LogP contribution in [-0.2, 0) is 11.4 Å². The van der Waals surface area contributed by atoms with Crippen molar-refractivity contribution in [1.82, 2.24) is 0 Å². The van der Waals surface area contributed by atoms with Crippen LogP contribution in [0.5, 0.6) is 5.75 Å². The van der Waals surface area contributed by atoms with Crippen molar-refractivity contribution in [3.05, 3.63) is 112 Å². The molecule has 0 aromatic heterocycles. The Balaban J connectivity index is 1.51. The molecule has 0 unspecified atom stereocenters. The van der Waals surface area contributed by atoms with Gasteiger partial charge in [0.05, 0.1) is 5.02 Å². The van der Waals surface area contributed by atoms with Crippen LogP contribution >= 0.6 is 11.6 Å². The van der Waals surface area contributed by atoms with E-state index in [-0.39, 0.29) is 5.57 Å². The molecule has 0 spiro atoms. The maximum Gasteiger partial charge on any atom is 0.266 e. The summed E-state index contributed by atoms with van der Waals surface area (Å²) < 4.78 is 6.04. The number of nitrogens with zero attached hydrogens (tertiary/aromatic N) is 1. The van der Waals surface area contributed by atoms with Gasteiger partial charge in [-0.25, -0.2) is 0 Å². The molecule has 0 aliphatic carbocycles. The number of ether oxygens (including phenoxy) is 1. The lowest BCUT2D eigenvalue weighted by Gasteiger charge is -2.13. The number of halogens is 1. The molecule has 1 amide bonds. The predicted molar refractivity (Wildman–Crippen MR) is 138 cm³/mol. The molecule has 5 heteroatoms. The lowest BCUT2D eigenvalue weighted by atomic mass is 10.0. The van der Waals surface area contributed by atoms with Gasteiger partial charge in [-0.05, 0) is 65.6 Å². The number of rotatable bonds is 6. The predicted octanol–water partition coefficient (Wildman–Crippen LogP) is 7.23. The highest BCUT2D eigenvalue weighted by Crippen LogP contribution is 2.29. The summed E-state index contributed by atoms with van der Waals surface area (Å²) in [6.45, 7) is 4.33. The Morgan fingerprint density at radius 2 is 1.76 bits per heavy atom. The molecule has 0 atom stereocenters. The van der Waals surface area contributed by atoms with Crippen molar-refractivity contribution in [3.8, 4) is 11.8 Å². The van der Waals surface area contributed by atoms with Gasteiger partial charge in [0.15, 0.2) is 0 Å². The average molecular weight is 467 g/mol. The normalized spacial score (nSPS) is 11.2. The summed E-state index contributed by atoms with van der Waals surface area (Å²) in [4.78, 5) is 12.6. The van der Waals surface area contributed by atoms with E-state index >= 15 is 0 Å². The molecular weight excluding hydrogens is 444 g/mol. The van der Waals surface area contributed by atoms with E-state index in [1.807, 2.05) is 43.3 Å². The Labute approximate surface area is 204 Å². The van der Waals surface area contributed by atoms with Crippen LogP contribution in [0.25, 0.3) is 16.8 Å². The number of benzene rings is 4. The van der Waals surface area contributed by atoms with Crippen LogP contribution < -0.4 is 10.1 Å². The van der Waals surface area contributed by atoms with E-state index in [1.165, 1.54) is 6.08 Å². The number of hydrogen-bond acceptors (Lipinski definition) is 3. The number of para-hydroxylation sites is 1. The van der Waals surface area contributed by atoms with Crippen LogP contribution in [0.15, 0.2) is 84.4 Å². The molecule has 0 fully saturated rings. The second-order valence-electron chi connectivity index (χ2n) is 8.00. The fraction of sp³-hybridized carbons (Fsp3) is 0.103. The Bertz CT molecular complexity index is 1450. The Morgan fingerprint density at radius 3 is 2.53 bits per heavy atom. The zero-order valence-electron chi connectivity index (χ0n) is 18.9. The van der Waals surface area contributed by atoms with E-state index in [0.717, 1.165) is 27.5 Å². The number of carbonyl (C=O) groups excluding carboxylic acids is 1. The van der Waals surface area contributed by atoms with Gasteiger partial charge < -0.3 is 10.1 Å². The van der Waals surface area contributed by atoms with Crippen molar-refractivity contribution >= 4 is 40.0 Å². The molecule has 0 heterocycles. The van der Waals surface area contributed by atoms with E-state index in [1.54, 1.807) is 24.3 Å². The summed E-state index contributed by atoms with van der Waals surface area (Å²) in [6.07, 6.45) is 1.51. The molecule has 0 radical (unpaired) electrons. The lowest BCUT2D eigenvalue weighted by Crippen LogP contribution is -2.14. The summed E-state index contributed by atoms with van der Waals surface area (Å²) in [5, 5.41) is 15.0. The zero-order valence-corrected chi connectivity index (χ0v) is 19.7. The fourth-order valence-corrected chi connectivity index (χ4v) is 3.97. The van der Waals surface area contributed by atoms with Crippen LogP contribution in [0.1, 0.15) is 22.3 Å². The first-order chi connectivity index (χ1) is 16.5. The molecule has 0 aliphatic heterocycles. The van der Waals surface area contributed by atoms with Crippen molar-refractivity contribution in [2.45, 2.75) is 20.5 Å². The Morgan fingerprint density at radius 1 is 1.00 bits per heavy atom. The molecule has 0 aliphatic rings. The third kappa shape index (κ3) is 5.11. The maximum atomic E-state index is 12.6. The van der Waals surface area contributed by atoms with Gasteiger partial charge in [-0.15, -0.1) is 0 Å². The number of hydrogen-bond donors (Lipinski definition) is 1. The van der Waals surface area contributed by atoms with E-state index in [0.29, 0.717) is 28.6 Å². The molecule has 4 aromatic carbocycles. The maximum absolute atomic E-state index is 12.6. The van der Waals surface area contributed by atoms with Crippen molar-refractivity contribution in [3.63, 3.8) is 0 Å². The minimum Gasteiger partial charge on any atom is -0.487 e. The van der Waals surface area contributed by atoms with Gasteiger partial charge in [0, 0.05) is 11.3 Å². The number of aryl methyl sites for hydroxylation is 2. The molecule has 1 N–H and O–H groups in total. The molecule has 4 aromatic rings. The average Bonchev–Trinajstić information content (AvgIpc) is 2.84. The van der Waals surface area contributed by atoms with E-state index in [2.05, 4.69) is 36.5 Å². The van der Waals surface area contributed by atoms with Crippen molar-refractivity contribution < 1.29 is 9.53 Å². The van der Waals surface area contributed by atoms with Gasteiger partial charge in [0.2, 0.25) is 0 Å². The molecule has 168 valence electrons. The summed E-state index contributed by atoms with van der Waals surface area (Å²) in [6, 6.07) is 27.0. The van der Waals surface area contributed by atoms with Gasteiger partial charge in [-0.3, -0.25) is 4.79 Å². The number of nitriles is 1. The highest BCUT2D eigenvalue weighted by atomic mass is 35.5. The fourth-order valence-electron chi connectivity index (χ4n) is 3.73. The first kappa shape index (κ1) is 23.1. The van der Waals surface area contributed by atoms with Crippen LogP contribution in [-0.4, -0.2) is 5.91 Å². The smallest absolute Gasteiger partial charge is 0.266 e. The SMILES string of the molecule is Cc1ccccc1NC(=O)/C(C#N)=C/c1ccc(OCc2c(C)ccc3ccccc23)c(Cl)c1. The van der Waals surface area contributed by atoms with Crippen molar-refractivity contribution in [1.29, 1.82) is 5.26 Å². The first-order valence-corrected chi connectivity index (χ1v) is 11.2. The zero-order chi connectivity index (χ0) is 24.1. The quantitative estimate of drug-likeness (QED) is 0.241. The molecule has 34 heavy (non-hydrogen) atoms. The summed E-state index contributed by atoms with van der Waals surface area (Å²) in [5.74, 6) is 0.0636. The van der Waals surface area contributed by atoms with Crippen LogP contribution in [0.4, 0.5) is 5.69 Å². The van der Waals surface area contributed by atoms with Crippen molar-refractivity contribution in [2.75, 3.05) is 5.32 Å². The molecule has 4 rings (SSSR count). The van der Waals surface area contributed by atoms with E-state index in [4.69, 9.17) is 16.3 Å². The van der Waals surface area contributed by atoms with Gasteiger partial charge >= 0.3 is 0 Å². The minimum atomic E-state index is -0.473. The van der Waals surface area contributed by atoms with Crippen LogP contribution in [0, 0.1) is 25.2 Å². The second kappa shape index (κ2) is 10.2. The molecule has 0 saturated carbocycles. The third-order valence-corrected chi connectivity index (χ3v) is 5.97. The van der Waals surface area contributed by atoms with Gasteiger partial charge in [-0.1, -0.05) is 72.3 Å². The first-order valence-electron chi connectivity index (χ1n) is 10.8. The Kier molecular flexibility index (Phi) is 6.96. The highest BCUT2D eigenvalue weighted by molar-refractivity contribution is 6.32. The molecular formula is C29H23ClN2O2. The number of anilines is 1. The number of amides is 1. The highest BCUT2D eigenvalue weighted by Gasteiger charge is 2.12. The molecule has 0 bridgehead atoms. The standard InChI is InChI=1S/C29H23ClN2O2/c1-19-11-13-22-8-4-5-9-24(22)25(19)18-34-28-14-12-21(16-26(28)30)15-23(17-31)29(33)32-27-10-6-3-7-20(27)2/h3-16H,18H2,1-2H3,(H,32,33)/b23-15+. The largest absolute Gasteiger partial charge is 0.487 e. The number of fused-ring (bicyclic) bond motifs is 1. The summed E-state index contributed by atoms with van der Waals surface area (Å²) in [5.41, 5.74) is 4.46. The summed E-state index contributed by atoms with van der Waals surface area (Å²) >= 11 is 6.47. The van der Waals surface area contributed by atoms with Crippen LogP contribution in [0.2, 0.25) is 5.02 Å². The van der Waals surface area contributed by atoms with Crippen LogP contribution in [0.3, 0.4) is 0 Å². The summed E-state index contributed by atoms with van der Waals surface area (Å²) in [7, 11) is 0.